The molecule has 0 bridgehead atoms. The van der Waals surface area contributed by atoms with Gasteiger partial charge in [-0.2, -0.15) is 18.2 Å². The molecule has 4 rings (SSSR count). The second-order valence-corrected chi connectivity index (χ2v) is 4.63. The Balaban J connectivity index is 0.00000121. The van der Waals surface area contributed by atoms with Crippen LogP contribution in [-0.2, 0) is 0 Å². The van der Waals surface area contributed by atoms with E-state index >= 15 is 0 Å². The number of fused-ring (bicyclic) bond motifs is 3. The summed E-state index contributed by atoms with van der Waals surface area (Å²) in [5.41, 5.74) is 3.66. The molecule has 0 aliphatic rings. The third-order valence-corrected chi connectivity index (χ3v) is 3.53. The molecule has 0 aliphatic carbocycles. The van der Waals surface area contributed by atoms with Crippen molar-refractivity contribution in [1.29, 1.82) is 0 Å². The molecular weight excluding hydrogens is 237 g/mol. The largest absolute Gasteiger partial charge is 1.00 e. The summed E-state index contributed by atoms with van der Waals surface area (Å²) in [5, 5.41) is 2.53. The van der Waals surface area contributed by atoms with E-state index in [1.165, 1.54) is 27.5 Å². The van der Waals surface area contributed by atoms with Crippen LogP contribution in [0.3, 0.4) is 0 Å². The molecule has 0 amide bonds. The summed E-state index contributed by atoms with van der Waals surface area (Å²) in [6.07, 6.45) is 0. The normalized spacial score (nSPS) is 10.6. The van der Waals surface area contributed by atoms with E-state index in [0.29, 0.717) is 0 Å². The molecule has 1 aromatic heterocycles. The monoisotopic (exact) mass is 249 g/mol. The maximum Gasteiger partial charge on any atom is 1.00 e. The van der Waals surface area contributed by atoms with E-state index in [2.05, 4.69) is 71.3 Å². The molecule has 1 nitrogen and oxygen atoms in total. The molecule has 4 aromatic rings. The van der Waals surface area contributed by atoms with Crippen molar-refractivity contribution in [2.75, 3.05) is 0 Å². The van der Waals surface area contributed by atoms with Gasteiger partial charge in [0.2, 0.25) is 0 Å². The van der Waals surface area contributed by atoms with E-state index in [0.717, 1.165) is 0 Å². The van der Waals surface area contributed by atoms with Crippen molar-refractivity contribution in [3.05, 3.63) is 78.9 Å². The van der Waals surface area contributed by atoms with Crippen molar-refractivity contribution < 1.29 is 18.9 Å². The second kappa shape index (κ2) is 5.21. The van der Waals surface area contributed by atoms with Crippen LogP contribution < -0.4 is 18.9 Å². The van der Waals surface area contributed by atoms with Gasteiger partial charge in [0.25, 0.3) is 0 Å². The van der Waals surface area contributed by atoms with Crippen LogP contribution in [0, 0.1) is 6.07 Å². The van der Waals surface area contributed by atoms with Crippen LogP contribution in [-0.4, -0.2) is 4.57 Å². The predicted molar refractivity (Wildman–Crippen MR) is 79.6 cm³/mol. The average molecular weight is 249 g/mol. The Bertz CT molecular complexity index is 809. The number of hydrogen-bond acceptors (Lipinski definition) is 0. The van der Waals surface area contributed by atoms with Gasteiger partial charge in [0.1, 0.15) is 0 Å². The molecular formula is C18H12LiN. The maximum absolute atomic E-state index is 3.18. The van der Waals surface area contributed by atoms with E-state index in [9.17, 15) is 0 Å². The van der Waals surface area contributed by atoms with Crippen molar-refractivity contribution in [3.8, 4) is 5.69 Å². The number of nitrogens with zero attached hydrogens (tertiary/aromatic N) is 1. The van der Waals surface area contributed by atoms with E-state index in [1.807, 2.05) is 12.1 Å². The van der Waals surface area contributed by atoms with Gasteiger partial charge in [-0.05, 0) is 23.6 Å². The average Bonchev–Trinajstić information content (AvgIpc) is 2.83. The van der Waals surface area contributed by atoms with Crippen LogP contribution in [0.1, 0.15) is 0 Å². The minimum absolute atomic E-state index is 0. The van der Waals surface area contributed by atoms with E-state index in [4.69, 9.17) is 0 Å². The third-order valence-electron chi connectivity index (χ3n) is 3.53. The summed E-state index contributed by atoms with van der Waals surface area (Å²) in [6, 6.07) is 28.3. The fourth-order valence-electron chi connectivity index (χ4n) is 2.71. The van der Waals surface area contributed by atoms with Gasteiger partial charge < -0.3 is 4.57 Å². The minimum Gasteiger partial charge on any atom is -0.334 e. The van der Waals surface area contributed by atoms with Crippen LogP contribution in [0.5, 0.6) is 0 Å². The van der Waals surface area contributed by atoms with Crippen molar-refractivity contribution in [1.82, 2.24) is 4.57 Å². The molecule has 0 unspecified atom stereocenters. The van der Waals surface area contributed by atoms with Gasteiger partial charge in [-0.3, -0.25) is 0 Å². The first kappa shape index (κ1) is 13.1. The zero-order valence-corrected chi connectivity index (χ0v) is 11.4. The minimum atomic E-state index is 0. The molecule has 0 radical (unpaired) electrons. The Kier molecular flexibility index (Phi) is 3.40. The molecule has 3 aromatic carbocycles. The molecule has 20 heavy (non-hydrogen) atoms. The van der Waals surface area contributed by atoms with E-state index < -0.39 is 0 Å². The van der Waals surface area contributed by atoms with E-state index in [1.54, 1.807) is 0 Å². The fourth-order valence-corrected chi connectivity index (χ4v) is 2.71. The van der Waals surface area contributed by atoms with Gasteiger partial charge in [-0.1, -0.05) is 41.9 Å². The molecule has 2 heteroatoms. The SMILES string of the molecule is [Li+].[c-]1ccc2c(c1)c1ccccc1n2-c1ccccc1. The summed E-state index contributed by atoms with van der Waals surface area (Å²) in [4.78, 5) is 0. The first-order valence-electron chi connectivity index (χ1n) is 6.40. The van der Waals surface area contributed by atoms with Gasteiger partial charge in [-0.15, -0.1) is 11.5 Å². The van der Waals surface area contributed by atoms with Crippen LogP contribution in [0.2, 0.25) is 0 Å². The van der Waals surface area contributed by atoms with Crippen molar-refractivity contribution in [3.63, 3.8) is 0 Å². The Morgan fingerprint density at radius 2 is 1.40 bits per heavy atom. The standard InChI is InChI=1S/C18H12N.Li/c1-2-8-14(9-3-1)19-17-12-6-4-10-15(17)16-11-5-7-13-18(16)19;/h1-4,6-13H;/q-1;+1. The van der Waals surface area contributed by atoms with Crippen LogP contribution >= 0.6 is 0 Å². The van der Waals surface area contributed by atoms with Gasteiger partial charge in [0.15, 0.2) is 0 Å². The van der Waals surface area contributed by atoms with Crippen molar-refractivity contribution >= 4 is 21.8 Å². The summed E-state index contributed by atoms with van der Waals surface area (Å²) >= 11 is 0. The third kappa shape index (κ3) is 1.88. The topological polar surface area (TPSA) is 4.93 Å². The molecule has 0 atom stereocenters. The van der Waals surface area contributed by atoms with Crippen molar-refractivity contribution in [2.24, 2.45) is 0 Å². The van der Waals surface area contributed by atoms with Crippen molar-refractivity contribution in [2.45, 2.75) is 0 Å². The Morgan fingerprint density at radius 3 is 2.25 bits per heavy atom. The number of aromatic nitrogens is 1. The molecule has 90 valence electrons. The Morgan fingerprint density at radius 1 is 0.700 bits per heavy atom. The predicted octanol–water partition coefficient (Wildman–Crippen LogP) is 1.59. The quantitative estimate of drug-likeness (QED) is 0.356. The first-order valence-corrected chi connectivity index (χ1v) is 6.40. The van der Waals surface area contributed by atoms with E-state index in [-0.39, 0.29) is 18.9 Å². The summed E-state index contributed by atoms with van der Waals surface area (Å²) < 4.78 is 2.30. The molecule has 0 saturated heterocycles. The van der Waals surface area contributed by atoms with Gasteiger partial charge in [0.05, 0.1) is 0 Å². The molecule has 0 spiro atoms. The Labute approximate surface area is 130 Å². The summed E-state index contributed by atoms with van der Waals surface area (Å²) in [5.74, 6) is 0. The zero-order chi connectivity index (χ0) is 12.7. The van der Waals surface area contributed by atoms with Gasteiger partial charge >= 0.3 is 18.9 Å². The van der Waals surface area contributed by atoms with Crippen LogP contribution in [0.25, 0.3) is 27.5 Å². The summed E-state index contributed by atoms with van der Waals surface area (Å²) in [7, 11) is 0. The zero-order valence-electron chi connectivity index (χ0n) is 11.4. The molecule has 1 heterocycles. The number of hydrogen-bond donors (Lipinski definition) is 0. The summed E-state index contributed by atoms with van der Waals surface area (Å²) in [6.45, 7) is 0. The molecule has 0 N–H and O–H groups in total. The molecule has 0 aliphatic heterocycles. The van der Waals surface area contributed by atoms with Gasteiger partial charge in [-0.25, -0.2) is 0 Å². The maximum atomic E-state index is 3.18. The second-order valence-electron chi connectivity index (χ2n) is 4.63. The smallest absolute Gasteiger partial charge is 0.334 e. The number of para-hydroxylation sites is 2. The fraction of sp³-hybridized carbons (Fsp3) is 0. The first-order chi connectivity index (χ1) is 9.45. The molecule has 0 saturated carbocycles. The van der Waals surface area contributed by atoms with Gasteiger partial charge in [0, 0.05) is 11.2 Å². The Hall–Kier alpha value is -1.94. The van der Waals surface area contributed by atoms with Crippen LogP contribution in [0.15, 0.2) is 72.8 Å². The number of rotatable bonds is 1. The van der Waals surface area contributed by atoms with Crippen LogP contribution in [0.4, 0.5) is 0 Å². The molecule has 0 fully saturated rings. The number of benzene rings is 3.